The molecule has 0 nitrogen and oxygen atoms in total. The fourth-order valence-corrected chi connectivity index (χ4v) is 2.61. The Bertz CT molecular complexity index is 255. The van der Waals surface area contributed by atoms with E-state index in [1.807, 2.05) is 13.8 Å². The zero-order valence-electron chi connectivity index (χ0n) is 8.54. The first-order chi connectivity index (χ1) is 6.34. The summed E-state index contributed by atoms with van der Waals surface area (Å²) >= 11 is 2.12. The highest BCUT2D eigenvalue weighted by Gasteiger charge is 2.46. The number of rotatable bonds is 1. The van der Waals surface area contributed by atoms with Crippen molar-refractivity contribution in [2.45, 2.75) is 48.9 Å². The second-order valence-electron chi connectivity index (χ2n) is 4.30. The maximum absolute atomic E-state index is 13.7. The van der Waals surface area contributed by atoms with Gasteiger partial charge < -0.3 is 0 Å². The molecular weight excluding hydrogens is 297 g/mol. The molecule has 0 aromatic rings. The Kier molecular flexibility index (Phi) is 3.79. The Morgan fingerprint density at radius 3 is 2.57 bits per heavy atom. The molecule has 0 fully saturated rings. The van der Waals surface area contributed by atoms with E-state index >= 15 is 0 Å². The van der Waals surface area contributed by atoms with Gasteiger partial charge in [0.25, 0.3) is 5.92 Å². The lowest BCUT2D eigenvalue weighted by atomic mass is 9.83. The molecule has 3 heteroatoms. The van der Waals surface area contributed by atoms with Crippen molar-refractivity contribution in [1.82, 2.24) is 0 Å². The van der Waals surface area contributed by atoms with Crippen LogP contribution in [0, 0.1) is 17.8 Å². The van der Waals surface area contributed by atoms with E-state index in [0.29, 0.717) is 6.42 Å². The maximum atomic E-state index is 13.7. The van der Waals surface area contributed by atoms with Crippen molar-refractivity contribution in [3.63, 3.8) is 0 Å². The molecule has 1 rings (SSSR count). The van der Waals surface area contributed by atoms with E-state index in [4.69, 9.17) is 0 Å². The molecule has 1 aliphatic carbocycles. The number of halogens is 3. The summed E-state index contributed by atoms with van der Waals surface area (Å²) in [5, 5.41) is 0. The molecular formula is C11H15F2I. The first kappa shape index (κ1) is 12.2. The van der Waals surface area contributed by atoms with Gasteiger partial charge in [0.05, 0.1) is 6.42 Å². The number of alkyl halides is 3. The first-order valence-corrected chi connectivity index (χ1v) is 5.94. The van der Waals surface area contributed by atoms with E-state index in [2.05, 4.69) is 34.4 Å². The van der Waals surface area contributed by atoms with Crippen LogP contribution in [0.3, 0.4) is 0 Å². The van der Waals surface area contributed by atoms with Crippen LogP contribution in [0.5, 0.6) is 0 Å². The summed E-state index contributed by atoms with van der Waals surface area (Å²) in [6.45, 7) is 3.75. The SMILES string of the molecule is CC(C)(I)C1CCCC#CCC1(F)F. The van der Waals surface area contributed by atoms with Crippen LogP contribution in [0.25, 0.3) is 0 Å². The van der Waals surface area contributed by atoms with Gasteiger partial charge in [0.15, 0.2) is 0 Å². The minimum absolute atomic E-state index is 0.274. The zero-order chi connectivity index (χ0) is 10.8. The predicted octanol–water partition coefficient (Wildman–Crippen LogP) is 4.03. The van der Waals surface area contributed by atoms with Crippen LogP contribution in [-0.2, 0) is 0 Å². The van der Waals surface area contributed by atoms with Crippen molar-refractivity contribution in [2.75, 3.05) is 0 Å². The van der Waals surface area contributed by atoms with Crippen molar-refractivity contribution < 1.29 is 8.78 Å². The first-order valence-electron chi connectivity index (χ1n) is 4.86. The van der Waals surface area contributed by atoms with Gasteiger partial charge in [0, 0.05) is 15.8 Å². The van der Waals surface area contributed by atoms with E-state index in [0.717, 1.165) is 12.8 Å². The van der Waals surface area contributed by atoms with E-state index in [1.165, 1.54) is 0 Å². The molecule has 0 amide bonds. The molecule has 1 aliphatic rings. The van der Waals surface area contributed by atoms with Crippen LogP contribution < -0.4 is 0 Å². The van der Waals surface area contributed by atoms with Crippen LogP contribution in [-0.4, -0.2) is 9.34 Å². The third kappa shape index (κ3) is 3.08. The van der Waals surface area contributed by atoms with Gasteiger partial charge in [-0.3, -0.25) is 0 Å². The minimum atomic E-state index is -2.63. The predicted molar refractivity (Wildman–Crippen MR) is 62.8 cm³/mol. The van der Waals surface area contributed by atoms with Crippen LogP contribution in [0.1, 0.15) is 39.5 Å². The normalized spacial score (nSPS) is 27.1. The van der Waals surface area contributed by atoms with Crippen LogP contribution >= 0.6 is 22.6 Å². The van der Waals surface area contributed by atoms with Gasteiger partial charge in [-0.1, -0.05) is 42.4 Å². The molecule has 1 unspecified atom stereocenters. The van der Waals surface area contributed by atoms with E-state index in [1.54, 1.807) is 0 Å². The molecule has 0 saturated heterocycles. The number of hydrogen-bond donors (Lipinski definition) is 0. The molecule has 0 aliphatic heterocycles. The fourth-order valence-electron chi connectivity index (χ4n) is 1.84. The second kappa shape index (κ2) is 4.34. The standard InChI is InChI=1S/C11H15F2I/c1-10(2,14)9-7-5-3-4-6-8-11(9,12)13/h9H,3,5,7-8H2,1-2H3. The summed E-state index contributed by atoms with van der Waals surface area (Å²) in [5.74, 6) is 2.18. The molecule has 0 N–H and O–H groups in total. The molecule has 0 saturated carbocycles. The fraction of sp³-hybridized carbons (Fsp3) is 0.818. The molecule has 80 valence electrons. The Balaban J connectivity index is 2.87. The summed E-state index contributed by atoms with van der Waals surface area (Å²) in [6, 6.07) is 0. The van der Waals surface area contributed by atoms with Crippen molar-refractivity contribution in [2.24, 2.45) is 5.92 Å². The van der Waals surface area contributed by atoms with Gasteiger partial charge >= 0.3 is 0 Å². The van der Waals surface area contributed by atoms with Gasteiger partial charge in [-0.25, -0.2) is 8.78 Å². The molecule has 0 aromatic carbocycles. The summed E-state index contributed by atoms with van der Waals surface area (Å²) in [5.41, 5.74) is 0. The zero-order valence-corrected chi connectivity index (χ0v) is 10.7. The monoisotopic (exact) mass is 312 g/mol. The van der Waals surface area contributed by atoms with Gasteiger partial charge in [-0.05, 0) is 12.8 Å². The molecule has 0 heterocycles. The van der Waals surface area contributed by atoms with Crippen molar-refractivity contribution in [3.8, 4) is 11.8 Å². The quantitative estimate of drug-likeness (QED) is 0.390. The second-order valence-corrected chi connectivity index (χ2v) is 7.08. The third-order valence-corrected chi connectivity index (χ3v) is 3.33. The molecule has 14 heavy (non-hydrogen) atoms. The highest BCUT2D eigenvalue weighted by molar-refractivity contribution is 14.1. The Hall–Kier alpha value is 0.150. The van der Waals surface area contributed by atoms with Gasteiger partial charge in [-0.15, -0.1) is 5.92 Å². The lowest BCUT2D eigenvalue weighted by Gasteiger charge is -2.35. The molecule has 0 bridgehead atoms. The molecule has 0 radical (unpaired) electrons. The Labute approximate surface area is 98.0 Å². The Morgan fingerprint density at radius 2 is 2.00 bits per heavy atom. The highest BCUT2D eigenvalue weighted by Crippen LogP contribution is 2.43. The lowest BCUT2D eigenvalue weighted by molar-refractivity contribution is -0.0656. The van der Waals surface area contributed by atoms with Crippen molar-refractivity contribution in [3.05, 3.63) is 0 Å². The molecule has 0 aromatic heterocycles. The average molecular weight is 312 g/mol. The lowest BCUT2D eigenvalue weighted by Crippen LogP contribution is -2.40. The number of hydrogen-bond acceptors (Lipinski definition) is 0. The van der Waals surface area contributed by atoms with E-state index in [-0.39, 0.29) is 9.84 Å². The average Bonchev–Trinajstić information content (AvgIpc) is 1.95. The third-order valence-electron chi connectivity index (χ3n) is 2.58. The molecule has 1 atom stereocenters. The molecule has 0 spiro atoms. The summed E-state index contributed by atoms with van der Waals surface area (Å²) in [7, 11) is 0. The van der Waals surface area contributed by atoms with Crippen LogP contribution in [0.2, 0.25) is 0 Å². The minimum Gasteiger partial charge on any atom is -0.205 e. The largest absolute Gasteiger partial charge is 0.262 e. The van der Waals surface area contributed by atoms with Crippen LogP contribution in [0.15, 0.2) is 0 Å². The maximum Gasteiger partial charge on any atom is 0.262 e. The Morgan fingerprint density at radius 1 is 1.36 bits per heavy atom. The van der Waals surface area contributed by atoms with Crippen molar-refractivity contribution >= 4 is 22.6 Å². The van der Waals surface area contributed by atoms with E-state index < -0.39 is 11.8 Å². The summed E-state index contributed by atoms with van der Waals surface area (Å²) in [4.78, 5) is 0. The smallest absolute Gasteiger partial charge is 0.205 e. The van der Waals surface area contributed by atoms with Crippen molar-refractivity contribution in [1.29, 1.82) is 0 Å². The van der Waals surface area contributed by atoms with Gasteiger partial charge in [0.2, 0.25) is 0 Å². The topological polar surface area (TPSA) is 0 Å². The summed E-state index contributed by atoms with van der Waals surface area (Å²) in [6.07, 6.45) is 1.86. The van der Waals surface area contributed by atoms with Crippen LogP contribution in [0.4, 0.5) is 8.78 Å². The van der Waals surface area contributed by atoms with Gasteiger partial charge in [-0.2, -0.15) is 0 Å². The van der Waals surface area contributed by atoms with E-state index in [9.17, 15) is 8.78 Å². The van der Waals surface area contributed by atoms with Gasteiger partial charge in [0.1, 0.15) is 0 Å². The summed E-state index contributed by atoms with van der Waals surface area (Å²) < 4.78 is 27.0. The highest BCUT2D eigenvalue weighted by atomic mass is 127.